The first kappa shape index (κ1) is 35.9. The first-order valence-corrected chi connectivity index (χ1v) is 16.0. The Morgan fingerprint density at radius 3 is 1.51 bits per heavy atom. The predicted octanol–water partition coefficient (Wildman–Crippen LogP) is 11.2. The van der Waals surface area contributed by atoms with Crippen LogP contribution in [-0.4, -0.2) is 15.3 Å². The normalized spacial score (nSPS) is 10.9. The lowest BCUT2D eigenvalue weighted by Gasteiger charge is -1.99. The Labute approximate surface area is 288 Å². The number of hydrogen-bond donors (Lipinski definition) is 3. The third-order valence-electron chi connectivity index (χ3n) is 7.31. The van der Waals surface area contributed by atoms with Crippen LogP contribution in [0.1, 0.15) is 50.1 Å². The molecule has 0 spiro atoms. The first-order valence-electron chi connectivity index (χ1n) is 16.0. The number of rotatable bonds is 7. The van der Waals surface area contributed by atoms with Gasteiger partial charge in [0.05, 0.1) is 6.61 Å². The van der Waals surface area contributed by atoms with E-state index in [0.29, 0.717) is 5.56 Å². The molecule has 0 saturated carbocycles. The van der Waals surface area contributed by atoms with Crippen LogP contribution in [0.3, 0.4) is 0 Å². The lowest BCUT2D eigenvalue weighted by molar-refractivity contribution is 0.282. The summed E-state index contributed by atoms with van der Waals surface area (Å²) in [5.41, 5.74) is 9.17. The second kappa shape index (κ2) is 19.0. The second-order valence-electron chi connectivity index (χ2n) is 11.4. The minimum absolute atomic E-state index is 0.0390. The third kappa shape index (κ3) is 13.0. The van der Waals surface area contributed by atoms with Gasteiger partial charge in [0.2, 0.25) is 0 Å². The van der Waals surface area contributed by atoms with Crippen molar-refractivity contribution in [2.45, 2.75) is 20.5 Å². The highest BCUT2D eigenvalue weighted by molar-refractivity contribution is 5.71. The van der Waals surface area contributed by atoms with Crippen molar-refractivity contribution in [3.63, 3.8) is 0 Å². The minimum atomic E-state index is -0.226. The van der Waals surface area contributed by atoms with Gasteiger partial charge < -0.3 is 15.3 Å². The van der Waals surface area contributed by atoms with E-state index in [1.54, 1.807) is 48.5 Å². The third-order valence-corrected chi connectivity index (χ3v) is 7.31. The van der Waals surface area contributed by atoms with E-state index < -0.39 is 0 Å². The standard InChI is InChI=1S/C15H13FO.C15H14O2.C15H14/c16-15-4-2-1-3-14(15)10-9-12-5-7-13(11-17)8-6-12;1-11-8-13(10-15(17)9-11)3-2-12-4-6-14(16)7-5-12;1-13-7-9-15(10-8-13)12-11-14-5-3-2-4-6-14/h1-10,17H,11H2;2-10,16-17H,1H3;2-12H,1H3/b10-9+;3-2+;12-11+. The monoisotopic (exact) mass is 648 g/mol. The van der Waals surface area contributed by atoms with E-state index in [2.05, 4.69) is 67.6 Å². The predicted molar refractivity (Wildman–Crippen MR) is 204 cm³/mol. The fourth-order valence-corrected chi connectivity index (χ4v) is 4.63. The summed E-state index contributed by atoms with van der Waals surface area (Å²) in [5, 5.41) is 27.5. The van der Waals surface area contributed by atoms with Crippen LogP contribution in [0.5, 0.6) is 11.5 Å². The molecule has 0 fully saturated rings. The molecule has 3 N–H and O–H groups in total. The molecule has 0 unspecified atom stereocenters. The molecule has 0 radical (unpaired) electrons. The molecule has 0 atom stereocenters. The molecule has 49 heavy (non-hydrogen) atoms. The summed E-state index contributed by atoms with van der Waals surface area (Å²) in [6.07, 6.45) is 11.7. The Morgan fingerprint density at radius 1 is 0.449 bits per heavy atom. The molecule has 0 heterocycles. The van der Waals surface area contributed by atoms with Crippen molar-refractivity contribution < 1.29 is 19.7 Å². The second-order valence-corrected chi connectivity index (χ2v) is 11.4. The Bertz CT molecular complexity index is 1940. The molecule has 0 aliphatic carbocycles. The van der Waals surface area contributed by atoms with Gasteiger partial charge in [0, 0.05) is 5.56 Å². The lowest BCUT2D eigenvalue weighted by atomic mass is 10.1. The number of aromatic hydroxyl groups is 2. The van der Waals surface area contributed by atoms with Crippen molar-refractivity contribution >= 4 is 36.5 Å². The molecule has 0 aliphatic heterocycles. The van der Waals surface area contributed by atoms with Crippen LogP contribution in [-0.2, 0) is 6.61 Å². The number of halogens is 1. The van der Waals surface area contributed by atoms with Crippen molar-refractivity contribution in [1.82, 2.24) is 0 Å². The highest BCUT2D eigenvalue weighted by Crippen LogP contribution is 2.18. The number of phenols is 2. The summed E-state index contributed by atoms with van der Waals surface area (Å²) < 4.78 is 13.3. The molecule has 0 amide bonds. The van der Waals surface area contributed by atoms with Gasteiger partial charge in [-0.15, -0.1) is 0 Å². The van der Waals surface area contributed by atoms with Crippen LogP contribution in [0.4, 0.5) is 4.39 Å². The number of hydrogen-bond acceptors (Lipinski definition) is 3. The van der Waals surface area contributed by atoms with E-state index in [9.17, 15) is 9.50 Å². The van der Waals surface area contributed by atoms with Crippen LogP contribution in [0.25, 0.3) is 36.5 Å². The maximum atomic E-state index is 13.3. The molecule has 246 valence electrons. The molecule has 4 heteroatoms. The molecule has 6 rings (SSSR count). The Balaban J connectivity index is 0.000000166. The van der Waals surface area contributed by atoms with Gasteiger partial charge in [0.15, 0.2) is 0 Å². The Hall–Kier alpha value is -5.97. The SMILES string of the molecule is Cc1cc(O)cc(/C=C/c2ccc(O)cc2)c1.Cc1ccc(/C=C/c2ccccc2)cc1.OCc1ccc(/C=C/c2ccccc2F)cc1. The fourth-order valence-electron chi connectivity index (χ4n) is 4.63. The molecule has 6 aromatic rings. The van der Waals surface area contributed by atoms with E-state index in [0.717, 1.165) is 27.8 Å². The van der Waals surface area contributed by atoms with E-state index in [1.807, 2.05) is 73.7 Å². The van der Waals surface area contributed by atoms with Crippen LogP contribution >= 0.6 is 0 Å². The molecule has 6 aromatic carbocycles. The van der Waals surface area contributed by atoms with Crippen LogP contribution in [0.15, 0.2) is 146 Å². The smallest absolute Gasteiger partial charge is 0.130 e. The van der Waals surface area contributed by atoms with Gasteiger partial charge in [-0.05, 0) is 83.1 Å². The fraction of sp³-hybridized carbons (Fsp3) is 0.0667. The van der Waals surface area contributed by atoms with Gasteiger partial charge in [-0.25, -0.2) is 4.39 Å². The first-order chi connectivity index (χ1) is 23.8. The zero-order valence-electron chi connectivity index (χ0n) is 27.7. The average Bonchev–Trinajstić information content (AvgIpc) is 3.12. The van der Waals surface area contributed by atoms with Gasteiger partial charge >= 0.3 is 0 Å². The van der Waals surface area contributed by atoms with Crippen LogP contribution in [0, 0.1) is 19.7 Å². The molecule has 0 bridgehead atoms. The van der Waals surface area contributed by atoms with E-state index >= 15 is 0 Å². The van der Waals surface area contributed by atoms with Gasteiger partial charge in [0.1, 0.15) is 17.3 Å². The summed E-state index contributed by atoms with van der Waals surface area (Å²) in [6.45, 7) is 4.08. The summed E-state index contributed by atoms with van der Waals surface area (Å²) in [7, 11) is 0. The molecule has 0 saturated heterocycles. The number of aliphatic hydroxyl groups excluding tert-OH is 1. The Morgan fingerprint density at radius 2 is 0.939 bits per heavy atom. The summed E-state index contributed by atoms with van der Waals surface area (Å²) in [4.78, 5) is 0. The Kier molecular flexibility index (Phi) is 13.9. The highest BCUT2D eigenvalue weighted by Gasteiger charge is 1.96. The van der Waals surface area contributed by atoms with Gasteiger partial charge in [-0.3, -0.25) is 0 Å². The minimum Gasteiger partial charge on any atom is -0.508 e. The summed E-state index contributed by atoms with van der Waals surface area (Å²) in [5.74, 6) is 0.307. The molecule has 0 aliphatic rings. The maximum absolute atomic E-state index is 13.3. The topological polar surface area (TPSA) is 60.7 Å². The van der Waals surface area contributed by atoms with E-state index in [4.69, 9.17) is 10.2 Å². The number of aryl methyl sites for hydroxylation is 2. The van der Waals surface area contributed by atoms with Crippen molar-refractivity contribution in [2.24, 2.45) is 0 Å². The van der Waals surface area contributed by atoms with E-state index in [1.165, 1.54) is 22.8 Å². The lowest BCUT2D eigenvalue weighted by Crippen LogP contribution is -1.82. The summed E-state index contributed by atoms with van der Waals surface area (Å²) in [6, 6.07) is 45.4. The maximum Gasteiger partial charge on any atom is 0.130 e. The number of phenolic OH excluding ortho intramolecular Hbond substituents is 2. The molecular weight excluding hydrogens is 607 g/mol. The van der Waals surface area contributed by atoms with Gasteiger partial charge in [-0.1, -0.05) is 157 Å². The quantitative estimate of drug-likeness (QED) is 0.151. The molecular formula is C45H41FO3. The number of aliphatic hydroxyl groups is 1. The zero-order valence-corrected chi connectivity index (χ0v) is 27.7. The van der Waals surface area contributed by atoms with E-state index in [-0.39, 0.29) is 23.9 Å². The summed E-state index contributed by atoms with van der Waals surface area (Å²) >= 11 is 0. The zero-order chi connectivity index (χ0) is 34.8. The highest BCUT2D eigenvalue weighted by atomic mass is 19.1. The van der Waals surface area contributed by atoms with Gasteiger partial charge in [0.25, 0.3) is 0 Å². The van der Waals surface area contributed by atoms with Crippen LogP contribution in [0.2, 0.25) is 0 Å². The van der Waals surface area contributed by atoms with Crippen molar-refractivity contribution in [1.29, 1.82) is 0 Å². The average molecular weight is 649 g/mol. The van der Waals surface area contributed by atoms with Gasteiger partial charge in [-0.2, -0.15) is 0 Å². The number of benzene rings is 6. The van der Waals surface area contributed by atoms with Crippen molar-refractivity contribution in [2.75, 3.05) is 0 Å². The largest absolute Gasteiger partial charge is 0.508 e. The molecule has 0 aromatic heterocycles. The molecule has 3 nitrogen and oxygen atoms in total. The van der Waals surface area contributed by atoms with Crippen molar-refractivity contribution in [3.8, 4) is 11.5 Å². The van der Waals surface area contributed by atoms with Crippen LogP contribution < -0.4 is 0 Å². The van der Waals surface area contributed by atoms with Crippen molar-refractivity contribution in [3.05, 3.63) is 201 Å².